The summed E-state index contributed by atoms with van der Waals surface area (Å²) in [4.78, 5) is 7.31. The standard InChI is InChI=1S/C13H17BrN2S2/c1-7-5-11(18-13(7)14)10(15-4)6-12-16-8(2)9(3)17-12/h5,10,15H,6H2,1-4H3. The summed E-state index contributed by atoms with van der Waals surface area (Å²) in [5.41, 5.74) is 2.47. The van der Waals surface area contributed by atoms with Crippen LogP contribution in [0.2, 0.25) is 0 Å². The Labute approximate surface area is 125 Å². The molecule has 2 rings (SSSR count). The van der Waals surface area contributed by atoms with Gasteiger partial charge in [-0.25, -0.2) is 4.98 Å². The Kier molecular flexibility index (Phi) is 4.59. The molecule has 18 heavy (non-hydrogen) atoms. The molecule has 1 unspecified atom stereocenters. The van der Waals surface area contributed by atoms with Crippen LogP contribution in [0.3, 0.4) is 0 Å². The van der Waals surface area contributed by atoms with Crippen LogP contribution in [0.1, 0.15) is 32.1 Å². The minimum atomic E-state index is 0.352. The number of thiophene rings is 1. The second kappa shape index (κ2) is 5.82. The Hall–Kier alpha value is -0.230. The van der Waals surface area contributed by atoms with Crippen molar-refractivity contribution >= 4 is 38.6 Å². The highest BCUT2D eigenvalue weighted by atomic mass is 79.9. The van der Waals surface area contributed by atoms with Crippen LogP contribution in [0.4, 0.5) is 0 Å². The van der Waals surface area contributed by atoms with E-state index in [4.69, 9.17) is 0 Å². The molecule has 5 heteroatoms. The van der Waals surface area contributed by atoms with Crippen LogP contribution in [0, 0.1) is 20.8 Å². The Morgan fingerprint density at radius 2 is 2.06 bits per heavy atom. The van der Waals surface area contributed by atoms with Crippen molar-refractivity contribution in [2.24, 2.45) is 0 Å². The lowest BCUT2D eigenvalue weighted by molar-refractivity contribution is 0.599. The van der Waals surface area contributed by atoms with Gasteiger partial charge in [0, 0.05) is 22.2 Å². The van der Waals surface area contributed by atoms with Gasteiger partial charge in [0.2, 0.25) is 0 Å². The van der Waals surface area contributed by atoms with Gasteiger partial charge >= 0.3 is 0 Å². The average molecular weight is 345 g/mol. The quantitative estimate of drug-likeness (QED) is 0.889. The second-order valence-electron chi connectivity index (χ2n) is 4.40. The van der Waals surface area contributed by atoms with Crippen molar-refractivity contribution in [3.8, 4) is 0 Å². The van der Waals surface area contributed by atoms with Crippen molar-refractivity contribution in [2.45, 2.75) is 33.2 Å². The zero-order valence-electron chi connectivity index (χ0n) is 11.0. The normalized spacial score (nSPS) is 12.9. The Morgan fingerprint density at radius 3 is 2.50 bits per heavy atom. The van der Waals surface area contributed by atoms with E-state index >= 15 is 0 Å². The maximum Gasteiger partial charge on any atom is 0.0950 e. The lowest BCUT2D eigenvalue weighted by Crippen LogP contribution is -2.17. The molecule has 2 aromatic heterocycles. The van der Waals surface area contributed by atoms with Crippen LogP contribution in [0.25, 0.3) is 0 Å². The maximum atomic E-state index is 4.62. The number of thiazole rings is 1. The molecule has 1 N–H and O–H groups in total. The summed E-state index contributed by atoms with van der Waals surface area (Å²) >= 11 is 7.21. The molecule has 0 bridgehead atoms. The first kappa shape index (κ1) is 14.2. The van der Waals surface area contributed by atoms with E-state index in [9.17, 15) is 0 Å². The highest BCUT2D eigenvalue weighted by Gasteiger charge is 2.16. The predicted molar refractivity (Wildman–Crippen MR) is 83.8 cm³/mol. The summed E-state index contributed by atoms with van der Waals surface area (Å²) in [6.45, 7) is 6.35. The molecule has 2 heterocycles. The summed E-state index contributed by atoms with van der Waals surface area (Å²) in [6.07, 6.45) is 0.961. The highest BCUT2D eigenvalue weighted by molar-refractivity contribution is 9.11. The third kappa shape index (κ3) is 3.02. The smallest absolute Gasteiger partial charge is 0.0950 e. The van der Waals surface area contributed by atoms with E-state index in [1.807, 2.05) is 18.4 Å². The van der Waals surface area contributed by atoms with E-state index in [1.54, 1.807) is 11.3 Å². The Bertz CT molecular complexity index is 506. The Balaban J connectivity index is 2.19. The summed E-state index contributed by atoms with van der Waals surface area (Å²) < 4.78 is 1.23. The van der Waals surface area contributed by atoms with Gasteiger partial charge in [-0.15, -0.1) is 22.7 Å². The van der Waals surface area contributed by atoms with E-state index in [2.05, 4.69) is 53.1 Å². The first-order chi connectivity index (χ1) is 8.51. The predicted octanol–water partition coefficient (Wildman–Crippen LogP) is 4.40. The molecule has 0 aliphatic rings. The van der Waals surface area contributed by atoms with Crippen LogP contribution in [0.15, 0.2) is 9.85 Å². The fourth-order valence-corrected chi connectivity index (χ4v) is 4.46. The van der Waals surface area contributed by atoms with E-state index < -0.39 is 0 Å². The minimum Gasteiger partial charge on any atom is -0.312 e. The first-order valence-corrected chi connectivity index (χ1v) is 8.30. The van der Waals surface area contributed by atoms with E-state index in [1.165, 1.54) is 24.1 Å². The lowest BCUT2D eigenvalue weighted by atomic mass is 10.1. The summed E-state index contributed by atoms with van der Waals surface area (Å²) in [5, 5.41) is 4.61. The number of nitrogens with zero attached hydrogens (tertiary/aromatic N) is 1. The average Bonchev–Trinajstić information content (AvgIpc) is 2.80. The lowest BCUT2D eigenvalue weighted by Gasteiger charge is -2.12. The van der Waals surface area contributed by atoms with Crippen LogP contribution < -0.4 is 5.32 Å². The van der Waals surface area contributed by atoms with Crippen LogP contribution in [-0.4, -0.2) is 12.0 Å². The van der Waals surface area contributed by atoms with Gasteiger partial charge in [-0.3, -0.25) is 0 Å². The van der Waals surface area contributed by atoms with Gasteiger partial charge in [0.1, 0.15) is 0 Å². The van der Waals surface area contributed by atoms with Gasteiger partial charge in [0.05, 0.1) is 14.5 Å². The van der Waals surface area contributed by atoms with Gasteiger partial charge in [0.15, 0.2) is 0 Å². The van der Waals surface area contributed by atoms with Crippen molar-refractivity contribution < 1.29 is 0 Å². The van der Waals surface area contributed by atoms with Crippen molar-refractivity contribution in [3.05, 3.63) is 35.9 Å². The number of nitrogens with one attached hydrogen (secondary N) is 1. The van der Waals surface area contributed by atoms with Crippen LogP contribution in [0.5, 0.6) is 0 Å². The van der Waals surface area contributed by atoms with Gasteiger partial charge in [0.25, 0.3) is 0 Å². The zero-order valence-corrected chi connectivity index (χ0v) is 14.2. The molecular formula is C13H17BrN2S2. The molecule has 0 saturated carbocycles. The molecule has 0 radical (unpaired) electrons. The molecule has 1 atom stereocenters. The fraction of sp³-hybridized carbons (Fsp3) is 0.462. The molecule has 98 valence electrons. The van der Waals surface area contributed by atoms with Gasteiger partial charge in [-0.2, -0.15) is 0 Å². The highest BCUT2D eigenvalue weighted by Crippen LogP contribution is 2.33. The SMILES string of the molecule is CNC(Cc1nc(C)c(C)s1)c1cc(C)c(Br)s1. The molecule has 0 fully saturated rings. The first-order valence-electron chi connectivity index (χ1n) is 5.87. The number of aryl methyl sites for hydroxylation is 3. The molecule has 0 amide bonds. The molecule has 0 saturated heterocycles. The van der Waals surface area contributed by atoms with Gasteiger partial charge in [-0.05, 0) is 55.4 Å². The molecule has 0 aliphatic heterocycles. The maximum absolute atomic E-state index is 4.62. The van der Waals surface area contributed by atoms with E-state index in [0.29, 0.717) is 6.04 Å². The van der Waals surface area contributed by atoms with Crippen molar-refractivity contribution in [3.63, 3.8) is 0 Å². The Morgan fingerprint density at radius 1 is 1.33 bits per heavy atom. The molecule has 0 aliphatic carbocycles. The summed E-state index contributed by atoms with van der Waals surface area (Å²) in [5.74, 6) is 0. The number of likely N-dealkylation sites (N-methyl/N-ethyl adjacent to an activating group) is 1. The van der Waals surface area contributed by atoms with Crippen LogP contribution >= 0.6 is 38.6 Å². The molecular weight excluding hydrogens is 328 g/mol. The van der Waals surface area contributed by atoms with Gasteiger partial charge in [-0.1, -0.05) is 0 Å². The number of hydrogen-bond acceptors (Lipinski definition) is 4. The second-order valence-corrected chi connectivity index (χ2v) is 8.09. The van der Waals surface area contributed by atoms with Crippen molar-refractivity contribution in [1.82, 2.24) is 10.3 Å². The third-order valence-electron chi connectivity index (χ3n) is 3.02. The largest absolute Gasteiger partial charge is 0.312 e. The summed E-state index contributed by atoms with van der Waals surface area (Å²) in [6, 6.07) is 2.61. The van der Waals surface area contributed by atoms with Gasteiger partial charge < -0.3 is 5.32 Å². The summed E-state index contributed by atoms with van der Waals surface area (Å²) in [7, 11) is 2.01. The number of halogens is 1. The molecule has 0 aromatic carbocycles. The van der Waals surface area contributed by atoms with E-state index in [-0.39, 0.29) is 0 Å². The van der Waals surface area contributed by atoms with E-state index in [0.717, 1.165) is 12.1 Å². The number of rotatable bonds is 4. The topological polar surface area (TPSA) is 24.9 Å². The fourth-order valence-electron chi connectivity index (χ4n) is 1.80. The third-order valence-corrected chi connectivity index (χ3v) is 6.37. The van der Waals surface area contributed by atoms with Crippen molar-refractivity contribution in [2.75, 3.05) is 7.05 Å². The number of aromatic nitrogens is 1. The molecule has 0 spiro atoms. The molecule has 2 nitrogen and oxygen atoms in total. The van der Waals surface area contributed by atoms with Crippen LogP contribution in [-0.2, 0) is 6.42 Å². The van der Waals surface area contributed by atoms with Crippen molar-refractivity contribution in [1.29, 1.82) is 0 Å². The zero-order chi connectivity index (χ0) is 13.3. The molecule has 2 aromatic rings. The monoisotopic (exact) mass is 344 g/mol. The number of hydrogen-bond donors (Lipinski definition) is 1. The minimum absolute atomic E-state index is 0.352.